The maximum Gasteiger partial charge on any atom is 0.0648 e. The molecule has 0 amide bonds. The van der Waals surface area contributed by atoms with E-state index in [0.717, 1.165) is 11.4 Å². The number of aryl methyl sites for hydroxylation is 3. The van der Waals surface area contributed by atoms with E-state index < -0.39 is 0 Å². The summed E-state index contributed by atoms with van der Waals surface area (Å²) in [7, 11) is 0. The van der Waals surface area contributed by atoms with Crippen LogP contribution >= 0.6 is 0 Å². The van der Waals surface area contributed by atoms with Gasteiger partial charge >= 0.3 is 0 Å². The van der Waals surface area contributed by atoms with Crippen LogP contribution in [-0.4, -0.2) is 9.78 Å². The van der Waals surface area contributed by atoms with Gasteiger partial charge in [0.25, 0.3) is 0 Å². The fourth-order valence-electron chi connectivity index (χ4n) is 1.58. The van der Waals surface area contributed by atoms with E-state index in [2.05, 4.69) is 49.3 Å². The van der Waals surface area contributed by atoms with Crippen LogP contribution in [0.4, 0.5) is 0 Å². The van der Waals surface area contributed by atoms with E-state index >= 15 is 0 Å². The van der Waals surface area contributed by atoms with Gasteiger partial charge in [-0.15, -0.1) is 0 Å². The molecule has 1 heterocycles. The van der Waals surface area contributed by atoms with Crippen LogP contribution < -0.4 is 0 Å². The van der Waals surface area contributed by atoms with Crippen LogP contribution in [0.1, 0.15) is 30.8 Å². The standard InChI is InChI=1S/C12H14N2.C2H6/c1-9-4-6-12(7-5-9)14-11(3)8-10(2)13-14;1-2/h4-8H,1-3H3;1-2H3. The van der Waals surface area contributed by atoms with Crippen LogP contribution in [0.25, 0.3) is 5.69 Å². The second-order valence-corrected chi connectivity index (χ2v) is 3.67. The summed E-state index contributed by atoms with van der Waals surface area (Å²) in [6.07, 6.45) is 0. The van der Waals surface area contributed by atoms with Gasteiger partial charge in [0, 0.05) is 5.69 Å². The maximum atomic E-state index is 4.43. The Hall–Kier alpha value is -1.57. The average molecular weight is 216 g/mol. The summed E-state index contributed by atoms with van der Waals surface area (Å²) < 4.78 is 1.97. The lowest BCUT2D eigenvalue weighted by Crippen LogP contribution is -1.98. The van der Waals surface area contributed by atoms with Crippen molar-refractivity contribution < 1.29 is 0 Å². The second kappa shape index (κ2) is 5.50. The van der Waals surface area contributed by atoms with Gasteiger partial charge in [-0.2, -0.15) is 5.10 Å². The van der Waals surface area contributed by atoms with E-state index in [1.54, 1.807) is 0 Å². The normalized spacial score (nSPS) is 9.56. The van der Waals surface area contributed by atoms with Crippen molar-refractivity contribution in [3.8, 4) is 5.69 Å². The van der Waals surface area contributed by atoms with Crippen LogP contribution in [0.5, 0.6) is 0 Å². The number of benzene rings is 1. The minimum absolute atomic E-state index is 1.06. The third-order valence-corrected chi connectivity index (χ3v) is 2.29. The molecule has 2 aromatic rings. The fourth-order valence-corrected chi connectivity index (χ4v) is 1.58. The lowest BCUT2D eigenvalue weighted by atomic mass is 10.2. The Morgan fingerprint density at radius 3 is 1.94 bits per heavy atom. The van der Waals surface area contributed by atoms with Gasteiger partial charge in [-0.1, -0.05) is 31.5 Å². The van der Waals surface area contributed by atoms with E-state index in [1.165, 1.54) is 11.3 Å². The Labute approximate surface area is 97.9 Å². The Balaban J connectivity index is 0.000000606. The molecular weight excluding hydrogens is 196 g/mol. The van der Waals surface area contributed by atoms with Crippen LogP contribution in [0, 0.1) is 20.8 Å². The van der Waals surface area contributed by atoms with Gasteiger partial charge in [0.2, 0.25) is 0 Å². The zero-order chi connectivity index (χ0) is 12.1. The summed E-state index contributed by atoms with van der Waals surface area (Å²) in [5.41, 5.74) is 4.63. The Bertz CT molecular complexity index is 438. The quantitative estimate of drug-likeness (QED) is 0.708. The van der Waals surface area contributed by atoms with Crippen molar-refractivity contribution in [3.05, 3.63) is 47.3 Å². The zero-order valence-electron chi connectivity index (χ0n) is 10.8. The summed E-state index contributed by atoms with van der Waals surface area (Å²) in [5.74, 6) is 0. The Morgan fingerprint density at radius 1 is 0.938 bits per heavy atom. The summed E-state index contributed by atoms with van der Waals surface area (Å²) in [6.45, 7) is 10.2. The van der Waals surface area contributed by atoms with Crippen molar-refractivity contribution in [2.45, 2.75) is 34.6 Å². The number of hydrogen-bond donors (Lipinski definition) is 0. The highest BCUT2D eigenvalue weighted by Gasteiger charge is 2.02. The maximum absolute atomic E-state index is 4.43. The number of rotatable bonds is 1. The highest BCUT2D eigenvalue weighted by molar-refractivity contribution is 5.35. The molecule has 0 aliphatic carbocycles. The van der Waals surface area contributed by atoms with E-state index in [1.807, 2.05) is 25.5 Å². The number of hydrogen-bond acceptors (Lipinski definition) is 1. The fraction of sp³-hybridized carbons (Fsp3) is 0.357. The van der Waals surface area contributed by atoms with E-state index in [9.17, 15) is 0 Å². The molecule has 0 saturated carbocycles. The molecule has 0 saturated heterocycles. The highest BCUT2D eigenvalue weighted by Crippen LogP contribution is 2.12. The molecule has 0 bridgehead atoms. The van der Waals surface area contributed by atoms with Gasteiger partial charge < -0.3 is 0 Å². The molecule has 0 atom stereocenters. The molecule has 2 rings (SSSR count). The van der Waals surface area contributed by atoms with Crippen LogP contribution in [-0.2, 0) is 0 Å². The molecule has 0 fully saturated rings. The van der Waals surface area contributed by atoms with E-state index in [0.29, 0.717) is 0 Å². The molecule has 2 nitrogen and oxygen atoms in total. The predicted molar refractivity (Wildman–Crippen MR) is 69.1 cm³/mol. The highest BCUT2D eigenvalue weighted by atomic mass is 15.3. The largest absolute Gasteiger partial charge is 0.238 e. The minimum Gasteiger partial charge on any atom is -0.238 e. The Morgan fingerprint density at radius 2 is 1.50 bits per heavy atom. The molecule has 0 aliphatic heterocycles. The summed E-state index contributed by atoms with van der Waals surface area (Å²) >= 11 is 0. The van der Waals surface area contributed by atoms with Gasteiger partial charge in [0.1, 0.15) is 0 Å². The Kier molecular flexibility index (Phi) is 4.29. The molecule has 0 aliphatic rings. The topological polar surface area (TPSA) is 17.8 Å². The van der Waals surface area contributed by atoms with Crippen molar-refractivity contribution in [3.63, 3.8) is 0 Å². The molecular formula is C14H20N2. The molecule has 2 heteroatoms. The molecule has 0 unspecified atom stereocenters. The number of nitrogens with zero attached hydrogens (tertiary/aromatic N) is 2. The SMILES string of the molecule is CC.Cc1ccc(-n2nc(C)cc2C)cc1. The average Bonchev–Trinajstić information content (AvgIpc) is 2.62. The van der Waals surface area contributed by atoms with Crippen LogP contribution in [0.15, 0.2) is 30.3 Å². The minimum atomic E-state index is 1.06. The van der Waals surface area contributed by atoms with Crippen molar-refractivity contribution in [2.75, 3.05) is 0 Å². The first kappa shape index (κ1) is 12.5. The van der Waals surface area contributed by atoms with E-state index in [-0.39, 0.29) is 0 Å². The van der Waals surface area contributed by atoms with Crippen LogP contribution in [0.2, 0.25) is 0 Å². The van der Waals surface area contributed by atoms with Crippen molar-refractivity contribution >= 4 is 0 Å². The molecule has 86 valence electrons. The van der Waals surface area contributed by atoms with Gasteiger partial charge in [-0.05, 0) is 39.0 Å². The first-order valence-electron chi connectivity index (χ1n) is 5.77. The smallest absolute Gasteiger partial charge is 0.0648 e. The third-order valence-electron chi connectivity index (χ3n) is 2.29. The van der Waals surface area contributed by atoms with Gasteiger partial charge in [0.15, 0.2) is 0 Å². The monoisotopic (exact) mass is 216 g/mol. The first-order valence-corrected chi connectivity index (χ1v) is 5.77. The van der Waals surface area contributed by atoms with E-state index in [4.69, 9.17) is 0 Å². The van der Waals surface area contributed by atoms with Crippen molar-refractivity contribution in [2.24, 2.45) is 0 Å². The first-order chi connectivity index (χ1) is 7.66. The predicted octanol–water partition coefficient (Wildman–Crippen LogP) is 3.82. The van der Waals surface area contributed by atoms with Crippen molar-refractivity contribution in [1.82, 2.24) is 9.78 Å². The molecule has 0 radical (unpaired) electrons. The number of aromatic nitrogens is 2. The molecule has 0 spiro atoms. The lowest BCUT2D eigenvalue weighted by molar-refractivity contribution is 0.833. The van der Waals surface area contributed by atoms with Crippen molar-refractivity contribution in [1.29, 1.82) is 0 Å². The summed E-state index contributed by atoms with van der Waals surface area (Å²) in [4.78, 5) is 0. The molecule has 1 aromatic carbocycles. The van der Waals surface area contributed by atoms with Gasteiger partial charge in [-0.25, -0.2) is 4.68 Å². The van der Waals surface area contributed by atoms with Crippen LogP contribution in [0.3, 0.4) is 0 Å². The molecule has 16 heavy (non-hydrogen) atoms. The second-order valence-electron chi connectivity index (χ2n) is 3.67. The summed E-state index contributed by atoms with van der Waals surface area (Å²) in [6, 6.07) is 10.5. The van der Waals surface area contributed by atoms with Gasteiger partial charge in [-0.3, -0.25) is 0 Å². The van der Waals surface area contributed by atoms with Gasteiger partial charge in [0.05, 0.1) is 11.4 Å². The molecule has 0 N–H and O–H groups in total. The lowest BCUT2D eigenvalue weighted by Gasteiger charge is -2.03. The third kappa shape index (κ3) is 2.72. The molecule has 1 aromatic heterocycles. The summed E-state index contributed by atoms with van der Waals surface area (Å²) in [5, 5.41) is 4.43. The zero-order valence-corrected chi connectivity index (χ0v) is 10.8.